The van der Waals surface area contributed by atoms with Gasteiger partial charge in [0.1, 0.15) is 11.4 Å². The number of carbonyl (C=O) groups is 1. The molecule has 3 heterocycles. The van der Waals surface area contributed by atoms with Crippen LogP contribution in [-0.2, 0) is 0 Å². The van der Waals surface area contributed by atoms with Crippen molar-refractivity contribution >= 4 is 43.8 Å². The number of carbonyl (C=O) groups excluding carboxylic acids is 1. The molecule has 0 fully saturated rings. The number of thiophene rings is 1. The van der Waals surface area contributed by atoms with Crippen LogP contribution in [0.25, 0.3) is 21.5 Å². The molecule has 0 bridgehead atoms. The van der Waals surface area contributed by atoms with Gasteiger partial charge in [-0.1, -0.05) is 0 Å². The second-order valence-electron chi connectivity index (χ2n) is 4.98. The molecule has 0 aliphatic rings. The first-order valence-corrected chi connectivity index (χ1v) is 8.81. The van der Waals surface area contributed by atoms with Crippen LogP contribution in [0.2, 0.25) is 0 Å². The number of rotatable bonds is 4. The molecule has 24 heavy (non-hydrogen) atoms. The number of methoxy groups -OCH3 is 1. The minimum Gasteiger partial charge on any atom is -0.497 e. The molecule has 1 aromatic carbocycles. The number of aromatic nitrogens is 1. The van der Waals surface area contributed by atoms with Gasteiger partial charge in [-0.3, -0.25) is 10.1 Å². The lowest BCUT2D eigenvalue weighted by molar-refractivity contribution is 0.103. The van der Waals surface area contributed by atoms with Crippen molar-refractivity contribution in [2.24, 2.45) is 0 Å². The molecule has 0 unspecified atom stereocenters. The van der Waals surface area contributed by atoms with E-state index >= 15 is 0 Å². The molecule has 120 valence electrons. The Kier molecular flexibility index (Phi) is 3.79. The maximum Gasteiger partial charge on any atom is 0.267 e. The van der Waals surface area contributed by atoms with Gasteiger partial charge in [-0.25, -0.2) is 4.98 Å². The summed E-state index contributed by atoms with van der Waals surface area (Å²) < 4.78 is 11.5. The average Bonchev–Trinajstić information content (AvgIpc) is 3.33. The monoisotopic (exact) mass is 356 g/mol. The molecule has 7 heteroatoms. The Morgan fingerprint density at radius 2 is 2.21 bits per heavy atom. The molecule has 1 N–H and O–H groups in total. The second-order valence-corrected chi connectivity index (χ2v) is 6.93. The summed E-state index contributed by atoms with van der Waals surface area (Å²) in [5, 5.41) is 6.25. The van der Waals surface area contributed by atoms with Gasteiger partial charge >= 0.3 is 0 Å². The van der Waals surface area contributed by atoms with Gasteiger partial charge in [-0.05, 0) is 41.8 Å². The third-order valence-corrected chi connectivity index (χ3v) is 5.30. The van der Waals surface area contributed by atoms with E-state index in [4.69, 9.17) is 9.15 Å². The standard InChI is InChI=1S/C17H12N2O3S2/c1-21-11-5-4-10-7-15(24-14(10)8-11)16(20)19-17-18-12(9-23-17)13-3-2-6-22-13/h2-9H,1H3,(H,18,19,20). The molecule has 4 rings (SSSR count). The maximum absolute atomic E-state index is 12.4. The predicted molar refractivity (Wildman–Crippen MR) is 96.1 cm³/mol. The van der Waals surface area contributed by atoms with E-state index in [1.54, 1.807) is 19.4 Å². The van der Waals surface area contributed by atoms with Crippen molar-refractivity contribution < 1.29 is 13.9 Å². The molecular weight excluding hydrogens is 344 g/mol. The Labute approximate surface area is 145 Å². The summed E-state index contributed by atoms with van der Waals surface area (Å²) >= 11 is 2.79. The Balaban J connectivity index is 1.56. The number of hydrogen-bond acceptors (Lipinski definition) is 6. The van der Waals surface area contributed by atoms with Crippen molar-refractivity contribution in [3.63, 3.8) is 0 Å². The number of anilines is 1. The molecule has 0 atom stereocenters. The van der Waals surface area contributed by atoms with Gasteiger partial charge in [-0.15, -0.1) is 22.7 Å². The molecule has 0 aliphatic heterocycles. The number of ether oxygens (including phenoxy) is 1. The highest BCUT2D eigenvalue weighted by Crippen LogP contribution is 2.30. The molecule has 4 aromatic rings. The van der Waals surface area contributed by atoms with Crippen LogP contribution in [0, 0.1) is 0 Å². The SMILES string of the molecule is COc1ccc2cc(C(=O)Nc3nc(-c4ccco4)cs3)sc2c1. The van der Waals surface area contributed by atoms with Crippen molar-refractivity contribution in [1.29, 1.82) is 0 Å². The summed E-state index contributed by atoms with van der Waals surface area (Å²) in [6, 6.07) is 11.3. The Bertz CT molecular complexity index is 1000. The van der Waals surface area contributed by atoms with Crippen LogP contribution in [-0.4, -0.2) is 18.0 Å². The van der Waals surface area contributed by atoms with Crippen LogP contribution >= 0.6 is 22.7 Å². The zero-order valence-corrected chi connectivity index (χ0v) is 14.2. The third-order valence-electron chi connectivity index (χ3n) is 3.45. The first-order valence-electron chi connectivity index (χ1n) is 7.11. The lowest BCUT2D eigenvalue weighted by Gasteiger charge is -1.97. The van der Waals surface area contributed by atoms with Crippen LogP contribution in [0.3, 0.4) is 0 Å². The van der Waals surface area contributed by atoms with Crippen molar-refractivity contribution in [3.8, 4) is 17.2 Å². The van der Waals surface area contributed by atoms with E-state index in [1.165, 1.54) is 22.7 Å². The van der Waals surface area contributed by atoms with E-state index in [9.17, 15) is 4.79 Å². The van der Waals surface area contributed by atoms with Gasteiger partial charge in [0.15, 0.2) is 10.9 Å². The summed E-state index contributed by atoms with van der Waals surface area (Å²) in [5.41, 5.74) is 0.710. The second kappa shape index (κ2) is 6.10. The van der Waals surface area contributed by atoms with Crippen molar-refractivity contribution in [2.45, 2.75) is 0 Å². The van der Waals surface area contributed by atoms with Crippen LogP contribution < -0.4 is 10.1 Å². The lowest BCUT2D eigenvalue weighted by atomic mass is 10.2. The van der Waals surface area contributed by atoms with Crippen LogP contribution in [0.15, 0.2) is 52.5 Å². The van der Waals surface area contributed by atoms with Gasteiger partial charge in [0.2, 0.25) is 0 Å². The normalized spacial score (nSPS) is 10.9. The smallest absolute Gasteiger partial charge is 0.267 e. The Morgan fingerprint density at radius 3 is 3.00 bits per heavy atom. The third kappa shape index (κ3) is 2.79. The fraction of sp³-hybridized carbons (Fsp3) is 0.0588. The maximum atomic E-state index is 12.4. The van der Waals surface area contributed by atoms with Crippen LogP contribution in [0.5, 0.6) is 5.75 Å². The van der Waals surface area contributed by atoms with E-state index in [0.717, 1.165) is 15.8 Å². The van der Waals surface area contributed by atoms with Gasteiger partial charge in [-0.2, -0.15) is 0 Å². The van der Waals surface area contributed by atoms with E-state index < -0.39 is 0 Å². The first kappa shape index (κ1) is 14.9. The quantitative estimate of drug-likeness (QED) is 0.566. The Hall–Kier alpha value is -2.64. The largest absolute Gasteiger partial charge is 0.497 e. The molecular formula is C17H12N2O3S2. The fourth-order valence-electron chi connectivity index (χ4n) is 2.28. The summed E-state index contributed by atoms with van der Waals surface area (Å²) in [4.78, 5) is 17.5. The van der Waals surface area contributed by atoms with Gasteiger partial charge in [0.25, 0.3) is 5.91 Å². The van der Waals surface area contributed by atoms with Crippen LogP contribution in [0.1, 0.15) is 9.67 Å². The van der Waals surface area contributed by atoms with Crippen molar-refractivity contribution in [1.82, 2.24) is 4.98 Å². The summed E-state index contributed by atoms with van der Waals surface area (Å²) in [7, 11) is 1.63. The lowest BCUT2D eigenvalue weighted by Crippen LogP contribution is -2.09. The Morgan fingerprint density at radius 1 is 1.29 bits per heavy atom. The number of hydrogen-bond donors (Lipinski definition) is 1. The fourth-order valence-corrected chi connectivity index (χ4v) is 3.96. The topological polar surface area (TPSA) is 64.4 Å². The minimum atomic E-state index is -0.171. The zero-order chi connectivity index (χ0) is 16.5. The van der Waals surface area contributed by atoms with E-state index in [2.05, 4.69) is 10.3 Å². The van der Waals surface area contributed by atoms with E-state index in [-0.39, 0.29) is 5.91 Å². The number of furan rings is 1. The molecule has 0 saturated carbocycles. The van der Waals surface area contributed by atoms with Crippen molar-refractivity contribution in [3.05, 3.63) is 52.9 Å². The molecule has 1 amide bonds. The summed E-state index contributed by atoms with van der Waals surface area (Å²) in [6.07, 6.45) is 1.60. The first-order chi connectivity index (χ1) is 11.7. The van der Waals surface area contributed by atoms with Gasteiger partial charge < -0.3 is 9.15 Å². The highest BCUT2D eigenvalue weighted by Gasteiger charge is 2.14. The van der Waals surface area contributed by atoms with Gasteiger partial charge in [0, 0.05) is 10.1 Å². The number of benzene rings is 1. The average molecular weight is 356 g/mol. The molecule has 5 nitrogen and oxygen atoms in total. The molecule has 0 saturated heterocycles. The number of thiazole rings is 1. The molecule has 0 spiro atoms. The number of nitrogens with zero attached hydrogens (tertiary/aromatic N) is 1. The molecule has 0 aliphatic carbocycles. The minimum absolute atomic E-state index is 0.171. The van der Waals surface area contributed by atoms with E-state index in [1.807, 2.05) is 35.7 Å². The number of fused-ring (bicyclic) bond motifs is 1. The van der Waals surface area contributed by atoms with Crippen molar-refractivity contribution in [2.75, 3.05) is 12.4 Å². The van der Waals surface area contributed by atoms with Gasteiger partial charge in [0.05, 0.1) is 18.3 Å². The molecule has 0 radical (unpaired) electrons. The number of amides is 1. The number of nitrogens with one attached hydrogen (secondary N) is 1. The highest BCUT2D eigenvalue weighted by atomic mass is 32.1. The zero-order valence-electron chi connectivity index (χ0n) is 12.6. The summed E-state index contributed by atoms with van der Waals surface area (Å²) in [6.45, 7) is 0. The summed E-state index contributed by atoms with van der Waals surface area (Å²) in [5.74, 6) is 1.29. The predicted octanol–water partition coefficient (Wildman–Crippen LogP) is 4.88. The van der Waals surface area contributed by atoms with Crippen LogP contribution in [0.4, 0.5) is 5.13 Å². The van der Waals surface area contributed by atoms with E-state index in [0.29, 0.717) is 21.5 Å². The molecule has 3 aromatic heterocycles. The highest BCUT2D eigenvalue weighted by molar-refractivity contribution is 7.21.